The molecule has 3 aromatic rings. The molecule has 1 aromatic carbocycles. The molecular weight excluding hydrogens is 588 g/mol. The molecule has 6 rings (SSSR count). The molecule has 1 aliphatic carbocycles. The van der Waals surface area contributed by atoms with E-state index >= 15 is 0 Å². The van der Waals surface area contributed by atoms with Gasteiger partial charge in [-0.05, 0) is 42.0 Å². The molecule has 2 aliphatic heterocycles. The van der Waals surface area contributed by atoms with E-state index in [1.54, 1.807) is 0 Å². The second-order valence-electron chi connectivity index (χ2n) is 10.6. The Bertz CT molecular complexity index is 1540. The van der Waals surface area contributed by atoms with Gasteiger partial charge in [-0.2, -0.15) is 9.97 Å². The highest BCUT2D eigenvalue weighted by Crippen LogP contribution is 2.55. The minimum Gasteiger partial charge on any atom is -0.387 e. The van der Waals surface area contributed by atoms with Crippen LogP contribution in [0.2, 0.25) is 5.28 Å². The van der Waals surface area contributed by atoms with Gasteiger partial charge < -0.3 is 39.1 Å². The van der Waals surface area contributed by atoms with Gasteiger partial charge in [0.15, 0.2) is 29.1 Å². The van der Waals surface area contributed by atoms with Crippen LogP contribution in [-0.4, -0.2) is 88.3 Å². The lowest BCUT2D eigenvalue weighted by Gasteiger charge is -2.53. The van der Waals surface area contributed by atoms with Crippen LogP contribution in [0.15, 0.2) is 30.6 Å². The summed E-state index contributed by atoms with van der Waals surface area (Å²) in [4.78, 5) is 42.9. The Balaban J connectivity index is 1.22. The lowest BCUT2D eigenvalue weighted by atomic mass is 9.65. The first-order valence-electron chi connectivity index (χ1n) is 12.6. The van der Waals surface area contributed by atoms with Gasteiger partial charge in [-0.1, -0.05) is 24.3 Å². The second kappa shape index (κ2) is 10.1. The third-order valence-corrected chi connectivity index (χ3v) is 11.4. The van der Waals surface area contributed by atoms with E-state index in [9.17, 15) is 24.2 Å². The van der Waals surface area contributed by atoms with Gasteiger partial charge in [0.2, 0.25) is 5.28 Å². The number of ether oxygens (including phenoxy) is 1. The van der Waals surface area contributed by atoms with Crippen LogP contribution in [0.3, 0.4) is 0 Å². The summed E-state index contributed by atoms with van der Waals surface area (Å²) in [5.74, 6) is -0.850. The molecule has 5 atom stereocenters. The summed E-state index contributed by atoms with van der Waals surface area (Å²) in [5.41, 5.74) is 3.43. The van der Waals surface area contributed by atoms with Crippen LogP contribution in [0.25, 0.3) is 11.2 Å². The highest BCUT2D eigenvalue weighted by Gasteiger charge is 2.49. The summed E-state index contributed by atoms with van der Waals surface area (Å²) in [6, 6.07) is 8.49. The average Bonchev–Trinajstić information content (AvgIpc) is 3.39. The van der Waals surface area contributed by atoms with Crippen molar-refractivity contribution in [1.82, 2.24) is 19.5 Å². The molecule has 0 bridgehead atoms. The fraction of sp³-hybridized carbons (Fsp3) is 0.522. The number of halogens is 1. The zero-order valence-electron chi connectivity index (χ0n) is 21.0. The van der Waals surface area contributed by atoms with Crippen LogP contribution in [0.4, 0.5) is 5.82 Å². The molecule has 40 heavy (non-hydrogen) atoms. The van der Waals surface area contributed by atoms with Crippen LogP contribution in [-0.2, 0) is 30.2 Å². The van der Waals surface area contributed by atoms with Gasteiger partial charge >= 0.3 is 15.2 Å². The Morgan fingerprint density at radius 3 is 2.62 bits per heavy atom. The van der Waals surface area contributed by atoms with E-state index in [2.05, 4.69) is 44.1 Å². The normalized spacial score (nSPS) is 27.5. The fourth-order valence-corrected chi connectivity index (χ4v) is 8.74. The Morgan fingerprint density at radius 1 is 1.12 bits per heavy atom. The van der Waals surface area contributed by atoms with Crippen molar-refractivity contribution in [2.24, 2.45) is 0 Å². The zero-order valence-corrected chi connectivity index (χ0v) is 23.6. The van der Waals surface area contributed by atoms with Crippen molar-refractivity contribution in [2.45, 2.75) is 49.2 Å². The lowest BCUT2D eigenvalue weighted by molar-refractivity contribution is -0.0483. The first kappa shape index (κ1) is 28.2. The van der Waals surface area contributed by atoms with Gasteiger partial charge in [0.05, 0.1) is 12.9 Å². The first-order chi connectivity index (χ1) is 18.9. The quantitative estimate of drug-likeness (QED) is 0.189. The van der Waals surface area contributed by atoms with E-state index in [-0.39, 0.29) is 16.3 Å². The SMILES string of the molecule is O=P(O)(O)CP(=O)(O)OCC1OC(n2cnc3c(N4CC5(CCCc6ccccc65)C4)nc(Cl)nc32)C(O)C1O. The summed E-state index contributed by atoms with van der Waals surface area (Å²) in [5, 5.41) is 21.2. The number of hydrogen-bond donors (Lipinski definition) is 5. The number of rotatable bonds is 7. The molecule has 216 valence electrons. The summed E-state index contributed by atoms with van der Waals surface area (Å²) in [6.07, 6.45) is -0.936. The lowest BCUT2D eigenvalue weighted by Crippen LogP contribution is -2.61. The van der Waals surface area contributed by atoms with Gasteiger partial charge in [-0.3, -0.25) is 13.7 Å². The average molecular weight is 616 g/mol. The highest BCUT2D eigenvalue weighted by atomic mass is 35.5. The molecular formula is C23H28ClN5O9P2. The number of aliphatic hydroxyl groups excluding tert-OH is 2. The van der Waals surface area contributed by atoms with Crippen molar-refractivity contribution < 1.29 is 43.3 Å². The molecule has 1 spiro atoms. The smallest absolute Gasteiger partial charge is 0.340 e. The maximum atomic E-state index is 12.0. The number of aromatic nitrogens is 4. The fourth-order valence-electron chi connectivity index (χ4n) is 6.01. The second-order valence-corrected chi connectivity index (χ2v) is 14.9. The molecule has 0 radical (unpaired) electrons. The van der Waals surface area contributed by atoms with E-state index < -0.39 is 52.2 Å². The Labute approximate surface area is 233 Å². The molecule has 2 saturated heterocycles. The molecule has 5 N–H and O–H groups in total. The van der Waals surface area contributed by atoms with Gasteiger partial charge in [-0.25, -0.2) is 4.98 Å². The predicted molar refractivity (Wildman–Crippen MR) is 142 cm³/mol. The van der Waals surface area contributed by atoms with Crippen LogP contribution >= 0.6 is 26.8 Å². The zero-order chi connectivity index (χ0) is 28.4. The Hall–Kier alpha value is -1.96. The number of hydrogen-bond acceptors (Lipinski definition) is 10. The summed E-state index contributed by atoms with van der Waals surface area (Å²) >= 11 is 6.30. The minimum atomic E-state index is -4.83. The van der Waals surface area contributed by atoms with E-state index in [1.165, 1.54) is 22.0 Å². The van der Waals surface area contributed by atoms with E-state index in [0.29, 0.717) is 11.3 Å². The first-order valence-corrected chi connectivity index (χ1v) is 16.6. The number of aliphatic hydroxyl groups is 2. The predicted octanol–water partition coefficient (Wildman–Crippen LogP) is 1.53. The van der Waals surface area contributed by atoms with E-state index in [4.69, 9.17) is 30.6 Å². The maximum absolute atomic E-state index is 12.0. The monoisotopic (exact) mass is 615 g/mol. The van der Waals surface area contributed by atoms with E-state index in [0.717, 1.165) is 32.4 Å². The summed E-state index contributed by atoms with van der Waals surface area (Å²) in [6.45, 7) is 0.763. The highest BCUT2D eigenvalue weighted by molar-refractivity contribution is 7.70. The number of anilines is 1. The molecule has 0 amide bonds. The van der Waals surface area contributed by atoms with Crippen molar-refractivity contribution in [3.8, 4) is 0 Å². The number of nitrogens with zero attached hydrogens (tertiary/aromatic N) is 5. The van der Waals surface area contributed by atoms with Crippen LogP contribution in [0, 0.1) is 0 Å². The van der Waals surface area contributed by atoms with Gasteiger partial charge in [0, 0.05) is 18.5 Å². The molecule has 2 fully saturated rings. The van der Waals surface area contributed by atoms with Crippen molar-refractivity contribution in [3.05, 3.63) is 47.0 Å². The van der Waals surface area contributed by atoms with E-state index in [1.807, 2.05) is 0 Å². The topological polar surface area (TPSA) is 201 Å². The molecule has 5 unspecified atom stereocenters. The van der Waals surface area contributed by atoms with Gasteiger partial charge in [-0.15, -0.1) is 0 Å². The summed E-state index contributed by atoms with van der Waals surface area (Å²) in [7, 11) is -9.52. The number of imidazole rings is 1. The maximum Gasteiger partial charge on any atom is 0.340 e. The summed E-state index contributed by atoms with van der Waals surface area (Å²) < 4.78 is 35.0. The number of fused-ring (bicyclic) bond motifs is 3. The molecule has 0 saturated carbocycles. The third-order valence-electron chi connectivity index (χ3n) is 7.77. The van der Waals surface area contributed by atoms with Crippen molar-refractivity contribution in [2.75, 3.05) is 30.5 Å². The van der Waals surface area contributed by atoms with Crippen molar-refractivity contribution in [1.29, 1.82) is 0 Å². The van der Waals surface area contributed by atoms with Gasteiger partial charge in [0.1, 0.15) is 18.3 Å². The number of benzene rings is 1. The van der Waals surface area contributed by atoms with Crippen molar-refractivity contribution >= 4 is 43.8 Å². The van der Waals surface area contributed by atoms with Crippen molar-refractivity contribution in [3.63, 3.8) is 0 Å². The Kier molecular flexibility index (Phi) is 7.11. The molecule has 14 nitrogen and oxygen atoms in total. The molecule has 17 heteroatoms. The van der Waals surface area contributed by atoms with Crippen LogP contribution in [0.5, 0.6) is 0 Å². The number of aryl methyl sites for hydroxylation is 1. The van der Waals surface area contributed by atoms with Crippen LogP contribution < -0.4 is 4.90 Å². The third kappa shape index (κ3) is 5.11. The molecule has 3 aliphatic rings. The Morgan fingerprint density at radius 2 is 1.88 bits per heavy atom. The largest absolute Gasteiger partial charge is 0.387 e. The minimum absolute atomic E-state index is 0.0230. The van der Waals surface area contributed by atoms with Gasteiger partial charge in [0.25, 0.3) is 0 Å². The standard InChI is InChI=1S/C23H28ClN5O9P2/c24-22-26-19(28-9-23(10-28)7-3-5-13-4-1-2-6-14(13)23)16-20(27-22)29(11-25-16)21-18(31)17(30)15(38-21)8-37-40(35,36)12-39(32,33)34/h1-2,4,6,11,15,17-18,21,30-31H,3,5,7-10,12H2,(H,35,36)(H2,32,33,34). The molecule has 2 aromatic heterocycles. The van der Waals surface area contributed by atoms with Crippen LogP contribution in [0.1, 0.15) is 30.2 Å². The molecule has 4 heterocycles.